The number of unbranched alkanes of at least 4 members (excludes halogenated alkanes) is 1. The van der Waals surface area contributed by atoms with E-state index in [0.717, 1.165) is 43.2 Å². The summed E-state index contributed by atoms with van der Waals surface area (Å²) in [6.45, 7) is 4.25. The molecule has 0 bridgehead atoms. The molecule has 0 aromatic heterocycles. The Morgan fingerprint density at radius 2 is 1.84 bits per heavy atom. The number of carbonyl (C=O) groups is 2. The first-order valence-corrected chi connectivity index (χ1v) is 11.6. The minimum Gasteiger partial charge on any atom is -0.493 e. The number of nitrogens with one attached hydrogen (secondary N) is 2. The van der Waals surface area contributed by atoms with Gasteiger partial charge in [-0.2, -0.15) is 0 Å². The summed E-state index contributed by atoms with van der Waals surface area (Å²) in [5, 5.41) is 5.85. The molecule has 0 radical (unpaired) electrons. The van der Waals surface area contributed by atoms with Crippen molar-refractivity contribution in [1.29, 1.82) is 0 Å². The number of anilines is 1. The first-order chi connectivity index (χ1) is 15.0. The average molecular weight is 504 g/mol. The zero-order valence-electron chi connectivity index (χ0n) is 17.4. The van der Waals surface area contributed by atoms with Gasteiger partial charge in [0.2, 0.25) is 0 Å². The second-order valence-electron chi connectivity index (χ2n) is 7.33. The van der Waals surface area contributed by atoms with Crippen LogP contribution in [0.15, 0.2) is 46.9 Å². The topological polar surface area (TPSA) is 70.7 Å². The summed E-state index contributed by atoms with van der Waals surface area (Å²) < 4.78 is 6.53. The highest BCUT2D eigenvalue weighted by Gasteiger charge is 2.19. The molecule has 1 heterocycles. The second kappa shape index (κ2) is 11.2. The molecule has 8 heteroatoms. The number of ether oxygens (including phenoxy) is 1. The lowest BCUT2D eigenvalue weighted by molar-refractivity contribution is 0.0792. The molecule has 2 aromatic carbocycles. The zero-order chi connectivity index (χ0) is 22.2. The van der Waals surface area contributed by atoms with Crippen LogP contribution in [0.1, 0.15) is 53.3 Å². The van der Waals surface area contributed by atoms with Gasteiger partial charge in [0.25, 0.3) is 11.8 Å². The van der Waals surface area contributed by atoms with Crippen LogP contribution >= 0.6 is 28.1 Å². The van der Waals surface area contributed by atoms with Crippen LogP contribution in [-0.4, -0.2) is 41.5 Å². The summed E-state index contributed by atoms with van der Waals surface area (Å²) in [6.07, 6.45) is 4.03. The largest absolute Gasteiger partial charge is 0.493 e. The molecule has 2 aromatic rings. The molecule has 3 rings (SSSR count). The second-order valence-corrected chi connectivity index (χ2v) is 8.65. The van der Waals surface area contributed by atoms with Gasteiger partial charge in [-0.3, -0.25) is 14.9 Å². The number of benzene rings is 2. The standard InChI is InChI=1S/C23H26BrN3O3S/c1-2-3-14-30-20-11-8-17(24)15-19(20)21(28)26-23(31)25-18-9-6-16(7-10-18)22(29)27-12-4-5-13-27/h6-11,15H,2-5,12-14H2,1H3,(H2,25,26,28,31). The van der Waals surface area contributed by atoms with Crippen molar-refractivity contribution >= 4 is 50.8 Å². The highest BCUT2D eigenvalue weighted by atomic mass is 79.9. The molecule has 164 valence electrons. The van der Waals surface area contributed by atoms with E-state index in [0.29, 0.717) is 29.2 Å². The van der Waals surface area contributed by atoms with Crippen molar-refractivity contribution < 1.29 is 14.3 Å². The summed E-state index contributed by atoms with van der Waals surface area (Å²) in [6, 6.07) is 12.4. The van der Waals surface area contributed by atoms with Gasteiger partial charge in [-0.05, 0) is 73.9 Å². The molecule has 2 amide bonds. The number of likely N-dealkylation sites (tertiary alicyclic amines) is 1. The molecule has 31 heavy (non-hydrogen) atoms. The third kappa shape index (κ3) is 6.51. The van der Waals surface area contributed by atoms with E-state index >= 15 is 0 Å². The smallest absolute Gasteiger partial charge is 0.261 e. The van der Waals surface area contributed by atoms with Crippen molar-refractivity contribution in [3.63, 3.8) is 0 Å². The Morgan fingerprint density at radius 1 is 1.13 bits per heavy atom. The molecule has 1 fully saturated rings. The molecule has 0 atom stereocenters. The fourth-order valence-corrected chi connectivity index (χ4v) is 3.84. The SMILES string of the molecule is CCCCOc1ccc(Br)cc1C(=O)NC(=S)Nc1ccc(C(=O)N2CCCC2)cc1. The van der Waals surface area contributed by atoms with E-state index in [1.54, 1.807) is 36.4 Å². The highest BCUT2D eigenvalue weighted by Crippen LogP contribution is 2.24. The van der Waals surface area contributed by atoms with Gasteiger partial charge in [0.05, 0.1) is 12.2 Å². The van der Waals surface area contributed by atoms with E-state index in [1.807, 2.05) is 11.0 Å². The van der Waals surface area contributed by atoms with Crippen LogP contribution in [0, 0.1) is 0 Å². The number of nitrogens with zero attached hydrogens (tertiary/aromatic N) is 1. The Balaban J connectivity index is 1.59. The Morgan fingerprint density at radius 3 is 2.52 bits per heavy atom. The molecule has 1 aliphatic rings. The van der Waals surface area contributed by atoms with Gasteiger partial charge in [0.1, 0.15) is 5.75 Å². The van der Waals surface area contributed by atoms with Gasteiger partial charge in [-0.15, -0.1) is 0 Å². The molecular formula is C23H26BrN3O3S. The normalized spacial score (nSPS) is 13.0. The number of hydrogen-bond acceptors (Lipinski definition) is 4. The van der Waals surface area contributed by atoms with Crippen molar-refractivity contribution in [1.82, 2.24) is 10.2 Å². The lowest BCUT2D eigenvalue weighted by Crippen LogP contribution is -2.34. The van der Waals surface area contributed by atoms with Gasteiger partial charge in [-0.25, -0.2) is 0 Å². The maximum absolute atomic E-state index is 12.8. The van der Waals surface area contributed by atoms with E-state index in [2.05, 4.69) is 33.5 Å². The van der Waals surface area contributed by atoms with E-state index in [1.165, 1.54) is 0 Å². The first kappa shape index (κ1) is 23.2. The number of amides is 2. The average Bonchev–Trinajstić information content (AvgIpc) is 3.30. The number of rotatable bonds is 7. The Labute approximate surface area is 196 Å². The van der Waals surface area contributed by atoms with Gasteiger partial charge >= 0.3 is 0 Å². The zero-order valence-corrected chi connectivity index (χ0v) is 19.9. The molecule has 1 aliphatic heterocycles. The summed E-state index contributed by atoms with van der Waals surface area (Å²) >= 11 is 8.69. The molecule has 0 spiro atoms. The van der Waals surface area contributed by atoms with Crippen molar-refractivity contribution in [2.75, 3.05) is 25.0 Å². The maximum atomic E-state index is 12.8. The summed E-state index contributed by atoms with van der Waals surface area (Å²) in [7, 11) is 0. The van der Waals surface area contributed by atoms with Crippen LogP contribution < -0.4 is 15.4 Å². The van der Waals surface area contributed by atoms with E-state index in [-0.39, 0.29) is 16.9 Å². The van der Waals surface area contributed by atoms with Gasteiger partial charge in [0, 0.05) is 28.8 Å². The van der Waals surface area contributed by atoms with Crippen LogP contribution in [-0.2, 0) is 0 Å². The van der Waals surface area contributed by atoms with Crippen LogP contribution in [0.2, 0.25) is 0 Å². The summed E-state index contributed by atoms with van der Waals surface area (Å²) in [4.78, 5) is 27.1. The Hall–Kier alpha value is -2.45. The van der Waals surface area contributed by atoms with E-state index in [4.69, 9.17) is 17.0 Å². The minimum atomic E-state index is -0.355. The first-order valence-electron chi connectivity index (χ1n) is 10.4. The monoisotopic (exact) mass is 503 g/mol. The molecule has 0 aliphatic carbocycles. The van der Waals surface area contributed by atoms with Crippen LogP contribution in [0.3, 0.4) is 0 Å². The third-order valence-corrected chi connectivity index (χ3v) is 5.65. The highest BCUT2D eigenvalue weighted by molar-refractivity contribution is 9.10. The van der Waals surface area contributed by atoms with Gasteiger partial charge in [0.15, 0.2) is 5.11 Å². The molecule has 0 unspecified atom stereocenters. The minimum absolute atomic E-state index is 0.0465. The van der Waals surface area contributed by atoms with Gasteiger partial charge in [-0.1, -0.05) is 29.3 Å². The van der Waals surface area contributed by atoms with Crippen LogP contribution in [0.4, 0.5) is 5.69 Å². The van der Waals surface area contributed by atoms with Crippen molar-refractivity contribution in [3.05, 3.63) is 58.1 Å². The predicted molar refractivity (Wildman–Crippen MR) is 130 cm³/mol. The van der Waals surface area contributed by atoms with Crippen LogP contribution in [0.25, 0.3) is 0 Å². The Bertz CT molecular complexity index is 944. The number of hydrogen-bond donors (Lipinski definition) is 2. The summed E-state index contributed by atoms with van der Waals surface area (Å²) in [5.74, 6) is 0.207. The molecular weight excluding hydrogens is 478 g/mol. The van der Waals surface area contributed by atoms with E-state index in [9.17, 15) is 9.59 Å². The third-order valence-electron chi connectivity index (χ3n) is 4.95. The quantitative estimate of drug-likeness (QED) is 0.411. The number of thiocarbonyl (C=S) groups is 1. The van der Waals surface area contributed by atoms with Gasteiger partial charge < -0.3 is 15.0 Å². The lowest BCUT2D eigenvalue weighted by Gasteiger charge is -2.16. The molecule has 6 nitrogen and oxygen atoms in total. The molecule has 0 saturated carbocycles. The van der Waals surface area contributed by atoms with E-state index < -0.39 is 0 Å². The predicted octanol–water partition coefficient (Wildman–Crippen LogP) is 4.99. The molecule has 2 N–H and O–H groups in total. The number of halogens is 1. The van der Waals surface area contributed by atoms with Crippen molar-refractivity contribution in [3.8, 4) is 5.75 Å². The molecule has 1 saturated heterocycles. The number of carbonyl (C=O) groups excluding carboxylic acids is 2. The van der Waals surface area contributed by atoms with Crippen molar-refractivity contribution in [2.24, 2.45) is 0 Å². The maximum Gasteiger partial charge on any atom is 0.261 e. The van der Waals surface area contributed by atoms with Crippen molar-refractivity contribution in [2.45, 2.75) is 32.6 Å². The Kier molecular flexibility index (Phi) is 8.43. The lowest BCUT2D eigenvalue weighted by atomic mass is 10.2. The fourth-order valence-electron chi connectivity index (χ4n) is 3.26. The fraction of sp³-hybridized carbons (Fsp3) is 0.348. The van der Waals surface area contributed by atoms with Crippen LogP contribution in [0.5, 0.6) is 5.75 Å². The summed E-state index contributed by atoms with van der Waals surface area (Å²) in [5.41, 5.74) is 1.74.